The number of nitrogens with one attached hydrogen (secondary N) is 2. The van der Waals surface area contributed by atoms with Gasteiger partial charge < -0.3 is 15.5 Å². The first-order valence-electron chi connectivity index (χ1n) is 11.2. The molecule has 2 saturated heterocycles. The quantitative estimate of drug-likeness (QED) is 0.723. The maximum Gasteiger partial charge on any atom is 0.325 e. The van der Waals surface area contributed by atoms with Gasteiger partial charge in [0.15, 0.2) is 0 Å². The number of piperidine rings is 1. The Labute approximate surface area is 182 Å². The first kappa shape index (κ1) is 21.3. The lowest BCUT2D eigenvalue weighted by molar-refractivity contribution is -0.135. The largest absolute Gasteiger partial charge is 0.339 e. The molecule has 5 amide bonds. The first-order valence-corrected chi connectivity index (χ1v) is 11.2. The van der Waals surface area contributed by atoms with Gasteiger partial charge in [0, 0.05) is 13.1 Å². The van der Waals surface area contributed by atoms with Gasteiger partial charge in [-0.2, -0.15) is 0 Å². The van der Waals surface area contributed by atoms with Gasteiger partial charge in [0.1, 0.15) is 12.1 Å². The summed E-state index contributed by atoms with van der Waals surface area (Å²) in [4.78, 5) is 53.9. The average Bonchev–Trinajstić information content (AvgIpc) is 3.00. The van der Waals surface area contributed by atoms with Crippen LogP contribution < -0.4 is 10.6 Å². The van der Waals surface area contributed by atoms with E-state index in [1.807, 2.05) is 0 Å². The van der Waals surface area contributed by atoms with E-state index in [1.165, 1.54) is 0 Å². The zero-order valence-corrected chi connectivity index (χ0v) is 18.0. The van der Waals surface area contributed by atoms with Gasteiger partial charge in [0.2, 0.25) is 5.91 Å². The monoisotopic (exact) mass is 426 g/mol. The second-order valence-electron chi connectivity index (χ2n) is 9.03. The van der Waals surface area contributed by atoms with Crippen molar-refractivity contribution >= 4 is 29.4 Å². The van der Waals surface area contributed by atoms with Crippen molar-refractivity contribution in [1.29, 1.82) is 0 Å². The molecule has 166 valence electrons. The van der Waals surface area contributed by atoms with Gasteiger partial charge in [-0.05, 0) is 63.0 Å². The van der Waals surface area contributed by atoms with Gasteiger partial charge in [0.05, 0.1) is 11.3 Å². The molecule has 0 radical (unpaired) electrons. The Hall–Kier alpha value is -2.90. The molecule has 1 saturated carbocycles. The van der Waals surface area contributed by atoms with Crippen LogP contribution in [0.3, 0.4) is 0 Å². The number of para-hydroxylation sites is 1. The third-order valence-corrected chi connectivity index (χ3v) is 6.75. The van der Waals surface area contributed by atoms with E-state index < -0.39 is 17.5 Å². The third-order valence-electron chi connectivity index (χ3n) is 6.75. The summed E-state index contributed by atoms with van der Waals surface area (Å²) >= 11 is 0. The second-order valence-corrected chi connectivity index (χ2v) is 9.03. The van der Waals surface area contributed by atoms with E-state index >= 15 is 0 Å². The standard InChI is InChI=1S/C23H30N4O4/c1-16-9-11-23(12-10-16)21(30)27(22(31)25-23)15-19(28)24-18-8-4-3-7-17(18)20(29)26-13-5-2-6-14-26/h3-4,7-8,16H,2,5-6,9-15H2,1H3,(H,24,28)(H,25,31). The van der Waals surface area contributed by atoms with E-state index in [4.69, 9.17) is 0 Å². The first-order chi connectivity index (χ1) is 14.9. The summed E-state index contributed by atoms with van der Waals surface area (Å²) in [5, 5.41) is 5.56. The molecule has 0 bridgehead atoms. The Morgan fingerprint density at radius 2 is 1.77 bits per heavy atom. The van der Waals surface area contributed by atoms with Crippen LogP contribution in [0.4, 0.5) is 10.5 Å². The normalized spacial score (nSPS) is 26.2. The molecule has 8 heteroatoms. The highest BCUT2D eigenvalue weighted by molar-refractivity contribution is 6.11. The van der Waals surface area contributed by atoms with Crippen LogP contribution in [0.1, 0.15) is 62.2 Å². The summed E-state index contributed by atoms with van der Waals surface area (Å²) in [7, 11) is 0. The van der Waals surface area contributed by atoms with Crippen molar-refractivity contribution < 1.29 is 19.2 Å². The molecule has 2 aliphatic heterocycles. The summed E-state index contributed by atoms with van der Waals surface area (Å²) in [6.45, 7) is 3.20. The number of urea groups is 1. The highest BCUT2D eigenvalue weighted by atomic mass is 16.2. The van der Waals surface area contributed by atoms with Gasteiger partial charge in [-0.25, -0.2) is 4.79 Å². The van der Waals surface area contributed by atoms with Crippen LogP contribution in [0.15, 0.2) is 24.3 Å². The van der Waals surface area contributed by atoms with Crippen molar-refractivity contribution in [2.24, 2.45) is 5.92 Å². The number of hydrogen-bond donors (Lipinski definition) is 2. The SMILES string of the molecule is CC1CCC2(CC1)NC(=O)N(CC(=O)Nc1ccccc1C(=O)N1CCCCC1)C2=O. The molecule has 1 spiro atoms. The minimum atomic E-state index is -0.869. The minimum absolute atomic E-state index is 0.110. The Morgan fingerprint density at radius 3 is 2.48 bits per heavy atom. The lowest BCUT2D eigenvalue weighted by atomic mass is 9.77. The highest BCUT2D eigenvalue weighted by Crippen LogP contribution is 2.36. The number of carbonyl (C=O) groups excluding carboxylic acids is 4. The fraction of sp³-hybridized carbons (Fsp3) is 0.565. The Balaban J connectivity index is 1.43. The maximum absolute atomic E-state index is 13.0. The Kier molecular flexibility index (Phi) is 5.98. The van der Waals surface area contributed by atoms with Crippen molar-refractivity contribution in [3.8, 4) is 0 Å². The summed E-state index contributed by atoms with van der Waals surface area (Å²) in [5.41, 5.74) is -0.0459. The molecule has 0 atom stereocenters. The van der Waals surface area contributed by atoms with Crippen molar-refractivity contribution in [2.75, 3.05) is 25.0 Å². The van der Waals surface area contributed by atoms with Gasteiger partial charge in [-0.15, -0.1) is 0 Å². The van der Waals surface area contributed by atoms with Crippen LogP contribution >= 0.6 is 0 Å². The van der Waals surface area contributed by atoms with E-state index in [-0.39, 0.29) is 18.4 Å². The number of imide groups is 1. The number of anilines is 1. The zero-order chi connectivity index (χ0) is 22.0. The summed E-state index contributed by atoms with van der Waals surface area (Å²) < 4.78 is 0. The number of likely N-dealkylation sites (tertiary alicyclic amines) is 1. The maximum atomic E-state index is 13.0. The molecule has 4 rings (SSSR count). The summed E-state index contributed by atoms with van der Waals surface area (Å²) in [6.07, 6.45) is 6.03. The Bertz CT molecular complexity index is 885. The lowest BCUT2D eigenvalue weighted by Crippen LogP contribution is -2.49. The predicted molar refractivity (Wildman–Crippen MR) is 115 cm³/mol. The second kappa shape index (κ2) is 8.69. The molecular weight excluding hydrogens is 396 g/mol. The molecule has 2 heterocycles. The molecule has 0 aromatic heterocycles. The molecule has 8 nitrogen and oxygen atoms in total. The minimum Gasteiger partial charge on any atom is -0.339 e. The van der Waals surface area contributed by atoms with Crippen molar-refractivity contribution in [2.45, 2.75) is 57.4 Å². The van der Waals surface area contributed by atoms with E-state index in [1.54, 1.807) is 29.2 Å². The van der Waals surface area contributed by atoms with Crippen molar-refractivity contribution in [3.63, 3.8) is 0 Å². The van der Waals surface area contributed by atoms with Gasteiger partial charge in [-0.1, -0.05) is 19.1 Å². The van der Waals surface area contributed by atoms with Crippen LogP contribution in [0.2, 0.25) is 0 Å². The van der Waals surface area contributed by atoms with Crippen LogP contribution in [-0.2, 0) is 9.59 Å². The van der Waals surface area contributed by atoms with Gasteiger partial charge in [0.25, 0.3) is 11.8 Å². The van der Waals surface area contributed by atoms with E-state index in [0.29, 0.717) is 43.1 Å². The summed E-state index contributed by atoms with van der Waals surface area (Å²) in [5.74, 6) is -0.400. The van der Waals surface area contributed by atoms with Crippen LogP contribution in [0.25, 0.3) is 0 Å². The predicted octanol–water partition coefficient (Wildman–Crippen LogP) is 2.75. The molecule has 2 N–H and O–H groups in total. The van der Waals surface area contributed by atoms with Gasteiger partial charge in [-0.3, -0.25) is 19.3 Å². The molecule has 31 heavy (non-hydrogen) atoms. The van der Waals surface area contributed by atoms with Crippen LogP contribution in [0.5, 0.6) is 0 Å². The molecule has 0 unspecified atom stereocenters. The molecule has 3 aliphatic rings. The lowest BCUT2D eigenvalue weighted by Gasteiger charge is -2.33. The van der Waals surface area contributed by atoms with E-state index in [0.717, 1.165) is 37.0 Å². The smallest absolute Gasteiger partial charge is 0.325 e. The molecule has 1 aromatic carbocycles. The van der Waals surface area contributed by atoms with Crippen molar-refractivity contribution in [1.82, 2.24) is 15.1 Å². The van der Waals surface area contributed by atoms with E-state index in [9.17, 15) is 19.2 Å². The zero-order valence-electron chi connectivity index (χ0n) is 18.0. The number of hydrogen-bond acceptors (Lipinski definition) is 4. The van der Waals surface area contributed by atoms with Crippen LogP contribution in [0, 0.1) is 5.92 Å². The number of benzene rings is 1. The fourth-order valence-electron chi connectivity index (χ4n) is 4.79. The molecular formula is C23H30N4O4. The van der Waals surface area contributed by atoms with Crippen LogP contribution in [-0.4, -0.2) is 58.7 Å². The van der Waals surface area contributed by atoms with E-state index in [2.05, 4.69) is 17.6 Å². The summed E-state index contributed by atoms with van der Waals surface area (Å²) in [6, 6.07) is 6.35. The molecule has 3 fully saturated rings. The number of nitrogens with zero attached hydrogens (tertiary/aromatic N) is 2. The molecule has 1 aliphatic carbocycles. The fourth-order valence-corrected chi connectivity index (χ4v) is 4.79. The van der Waals surface area contributed by atoms with Crippen molar-refractivity contribution in [3.05, 3.63) is 29.8 Å². The highest BCUT2D eigenvalue weighted by Gasteiger charge is 2.52. The average molecular weight is 427 g/mol. The number of amides is 5. The van der Waals surface area contributed by atoms with Gasteiger partial charge >= 0.3 is 6.03 Å². The number of rotatable bonds is 4. The third kappa shape index (κ3) is 4.29. The number of carbonyl (C=O) groups is 4. The molecule has 1 aromatic rings. The Morgan fingerprint density at radius 1 is 1.10 bits per heavy atom. The topological polar surface area (TPSA) is 98.8 Å².